The van der Waals surface area contributed by atoms with Gasteiger partial charge >= 0.3 is 6.18 Å². The third kappa shape index (κ3) is 6.58. The molecule has 10 heteroatoms. The van der Waals surface area contributed by atoms with E-state index >= 15 is 0 Å². The van der Waals surface area contributed by atoms with Crippen LogP contribution in [-0.2, 0) is 19.8 Å². The largest absolute Gasteiger partial charge is 0.416 e. The summed E-state index contributed by atoms with van der Waals surface area (Å²) in [5, 5.41) is 10.8. The summed E-state index contributed by atoms with van der Waals surface area (Å²) >= 11 is 0. The molecule has 0 bridgehead atoms. The van der Waals surface area contributed by atoms with E-state index < -0.39 is 11.7 Å². The van der Waals surface area contributed by atoms with Gasteiger partial charge in [-0.2, -0.15) is 18.3 Å². The summed E-state index contributed by atoms with van der Waals surface area (Å²) in [7, 11) is 5.64. The Kier molecular flexibility index (Phi) is 9.16. The van der Waals surface area contributed by atoms with Gasteiger partial charge in [0.25, 0.3) is 0 Å². The minimum Gasteiger partial charge on any atom is -0.356 e. The van der Waals surface area contributed by atoms with E-state index in [0.29, 0.717) is 19.0 Å². The SMILES string of the molecule is CN=C(NCc1ccnn1C)NCC1CCCN(C)C1c1ccc(C(F)(F)F)cc1.I. The predicted molar refractivity (Wildman–Crippen MR) is 126 cm³/mol. The third-order valence-electron chi connectivity index (χ3n) is 5.70. The van der Waals surface area contributed by atoms with E-state index in [1.807, 2.05) is 20.2 Å². The normalized spacial score (nSPS) is 20.3. The highest BCUT2D eigenvalue weighted by Crippen LogP contribution is 2.36. The summed E-state index contributed by atoms with van der Waals surface area (Å²) < 4.78 is 40.6. The third-order valence-corrected chi connectivity index (χ3v) is 5.70. The van der Waals surface area contributed by atoms with Gasteiger partial charge in [0.1, 0.15) is 0 Å². The number of benzene rings is 1. The van der Waals surface area contributed by atoms with Crippen LogP contribution in [0.4, 0.5) is 13.2 Å². The van der Waals surface area contributed by atoms with E-state index in [0.717, 1.165) is 30.6 Å². The van der Waals surface area contributed by atoms with Crippen LogP contribution >= 0.6 is 24.0 Å². The first-order valence-corrected chi connectivity index (χ1v) is 10.1. The minimum atomic E-state index is -4.32. The molecular weight excluding hydrogens is 520 g/mol. The molecule has 6 nitrogen and oxygen atoms in total. The highest BCUT2D eigenvalue weighted by Gasteiger charge is 2.33. The second-order valence-corrected chi connectivity index (χ2v) is 7.70. The van der Waals surface area contributed by atoms with Gasteiger partial charge in [-0.15, -0.1) is 24.0 Å². The molecule has 1 aromatic carbocycles. The van der Waals surface area contributed by atoms with Crippen molar-refractivity contribution in [2.24, 2.45) is 18.0 Å². The fraction of sp³-hybridized carbons (Fsp3) is 0.524. The molecule has 2 unspecified atom stereocenters. The van der Waals surface area contributed by atoms with Crippen LogP contribution in [0, 0.1) is 5.92 Å². The molecule has 0 amide bonds. The maximum atomic E-state index is 12.9. The lowest BCUT2D eigenvalue weighted by atomic mass is 9.84. The highest BCUT2D eigenvalue weighted by molar-refractivity contribution is 14.0. The van der Waals surface area contributed by atoms with Gasteiger partial charge in [-0.1, -0.05) is 12.1 Å². The number of guanidine groups is 1. The van der Waals surface area contributed by atoms with Crippen LogP contribution in [0.1, 0.15) is 35.7 Å². The molecule has 0 saturated carbocycles. The summed E-state index contributed by atoms with van der Waals surface area (Å²) in [6, 6.07) is 7.57. The number of likely N-dealkylation sites (tertiary alicyclic amines) is 1. The van der Waals surface area contributed by atoms with Crippen LogP contribution in [0.15, 0.2) is 41.5 Å². The van der Waals surface area contributed by atoms with Crippen molar-refractivity contribution in [3.05, 3.63) is 53.3 Å². The van der Waals surface area contributed by atoms with E-state index in [9.17, 15) is 13.2 Å². The molecule has 1 fully saturated rings. The molecule has 2 heterocycles. The zero-order valence-electron chi connectivity index (χ0n) is 18.0. The quantitative estimate of drug-likeness (QED) is 0.338. The van der Waals surface area contributed by atoms with Crippen LogP contribution in [-0.4, -0.2) is 47.8 Å². The molecule has 2 atom stereocenters. The Hall–Kier alpha value is -1.82. The maximum absolute atomic E-state index is 12.9. The van der Waals surface area contributed by atoms with Gasteiger partial charge in [-0.25, -0.2) is 0 Å². The molecule has 1 aliphatic heterocycles. The Balaban J connectivity index is 0.00000341. The van der Waals surface area contributed by atoms with Crippen LogP contribution in [0.5, 0.6) is 0 Å². The van der Waals surface area contributed by atoms with Crippen molar-refractivity contribution < 1.29 is 13.2 Å². The monoisotopic (exact) mass is 550 g/mol. The van der Waals surface area contributed by atoms with Gasteiger partial charge < -0.3 is 10.6 Å². The number of nitrogens with zero attached hydrogens (tertiary/aromatic N) is 4. The lowest BCUT2D eigenvalue weighted by Gasteiger charge is -2.40. The lowest BCUT2D eigenvalue weighted by Crippen LogP contribution is -2.45. The number of piperidine rings is 1. The van der Waals surface area contributed by atoms with Gasteiger partial charge in [0.05, 0.1) is 17.8 Å². The van der Waals surface area contributed by atoms with Gasteiger partial charge in [0, 0.05) is 32.9 Å². The van der Waals surface area contributed by atoms with Crippen LogP contribution in [0.25, 0.3) is 0 Å². The van der Waals surface area contributed by atoms with Crippen molar-refractivity contribution in [3.8, 4) is 0 Å². The highest BCUT2D eigenvalue weighted by atomic mass is 127. The molecule has 31 heavy (non-hydrogen) atoms. The van der Waals surface area contributed by atoms with Crippen molar-refractivity contribution in [2.45, 2.75) is 31.6 Å². The van der Waals surface area contributed by atoms with E-state index in [2.05, 4.69) is 25.6 Å². The van der Waals surface area contributed by atoms with Crippen molar-refractivity contribution in [3.63, 3.8) is 0 Å². The number of hydrogen-bond acceptors (Lipinski definition) is 3. The number of aromatic nitrogens is 2. The first-order chi connectivity index (χ1) is 14.3. The van der Waals surface area contributed by atoms with Gasteiger partial charge in [0.2, 0.25) is 0 Å². The van der Waals surface area contributed by atoms with Crippen molar-refractivity contribution >= 4 is 29.9 Å². The molecule has 1 aliphatic rings. The van der Waals surface area contributed by atoms with E-state index in [1.54, 1.807) is 30.1 Å². The predicted octanol–water partition coefficient (Wildman–Crippen LogP) is 3.81. The molecule has 0 radical (unpaired) electrons. The number of halogens is 4. The molecule has 2 aromatic rings. The average Bonchev–Trinajstić information content (AvgIpc) is 3.12. The van der Waals surface area contributed by atoms with Crippen molar-refractivity contribution in [2.75, 3.05) is 27.2 Å². The van der Waals surface area contributed by atoms with Crippen LogP contribution < -0.4 is 10.6 Å². The fourth-order valence-corrected chi connectivity index (χ4v) is 4.07. The molecular formula is C21H30F3IN6. The summed E-state index contributed by atoms with van der Waals surface area (Å²) in [5.41, 5.74) is 1.34. The van der Waals surface area contributed by atoms with Crippen molar-refractivity contribution in [1.82, 2.24) is 25.3 Å². The van der Waals surface area contributed by atoms with Crippen molar-refractivity contribution in [1.29, 1.82) is 0 Å². The molecule has 1 saturated heterocycles. The fourth-order valence-electron chi connectivity index (χ4n) is 4.07. The first kappa shape index (κ1) is 25.4. The van der Waals surface area contributed by atoms with Crippen LogP contribution in [0.2, 0.25) is 0 Å². The van der Waals surface area contributed by atoms with E-state index in [4.69, 9.17) is 0 Å². The standard InChI is InChI=1S/C21H29F3N6.HI/c1-25-20(27-14-18-10-11-28-30(18)3)26-13-16-5-4-12-29(2)19(16)15-6-8-17(9-7-15)21(22,23)24;/h6-11,16,19H,4-5,12-14H2,1-3H3,(H2,25,26,27);1H. The smallest absolute Gasteiger partial charge is 0.356 e. The molecule has 0 spiro atoms. The molecule has 1 aromatic heterocycles. The topological polar surface area (TPSA) is 57.5 Å². The summed E-state index contributed by atoms with van der Waals surface area (Å²) in [6.45, 7) is 2.21. The molecule has 2 N–H and O–H groups in total. The maximum Gasteiger partial charge on any atom is 0.416 e. The van der Waals surface area contributed by atoms with E-state index in [1.165, 1.54) is 12.1 Å². The Morgan fingerprint density at radius 1 is 1.16 bits per heavy atom. The number of hydrogen-bond donors (Lipinski definition) is 2. The second-order valence-electron chi connectivity index (χ2n) is 7.70. The average molecular weight is 550 g/mol. The number of aliphatic imine (C=N–C) groups is 1. The minimum absolute atomic E-state index is 0. The molecule has 172 valence electrons. The number of nitrogens with one attached hydrogen (secondary N) is 2. The summed E-state index contributed by atoms with van der Waals surface area (Å²) in [4.78, 5) is 6.51. The van der Waals surface area contributed by atoms with Gasteiger partial charge in [-0.3, -0.25) is 14.6 Å². The zero-order valence-corrected chi connectivity index (χ0v) is 20.3. The Morgan fingerprint density at radius 2 is 1.87 bits per heavy atom. The zero-order chi connectivity index (χ0) is 21.7. The first-order valence-electron chi connectivity index (χ1n) is 10.1. The molecule has 0 aliphatic carbocycles. The summed E-state index contributed by atoms with van der Waals surface area (Å²) in [6.07, 6.45) is -0.507. The number of rotatable bonds is 5. The van der Waals surface area contributed by atoms with Gasteiger partial charge in [-0.05, 0) is 56.1 Å². The number of aryl methyl sites for hydroxylation is 1. The van der Waals surface area contributed by atoms with E-state index in [-0.39, 0.29) is 35.9 Å². The van der Waals surface area contributed by atoms with Crippen LogP contribution in [0.3, 0.4) is 0 Å². The Bertz CT molecular complexity index is 850. The Morgan fingerprint density at radius 3 is 2.45 bits per heavy atom. The molecule has 3 rings (SSSR count). The Labute approximate surface area is 198 Å². The summed E-state index contributed by atoms with van der Waals surface area (Å²) in [5.74, 6) is 0.950. The van der Waals surface area contributed by atoms with Gasteiger partial charge in [0.15, 0.2) is 5.96 Å². The number of alkyl halides is 3. The lowest BCUT2D eigenvalue weighted by molar-refractivity contribution is -0.137. The second kappa shape index (κ2) is 11.2.